The van der Waals surface area contributed by atoms with Crippen molar-refractivity contribution in [3.63, 3.8) is 0 Å². The molecule has 0 aliphatic rings. The van der Waals surface area contributed by atoms with Gasteiger partial charge in [-0.15, -0.1) is 0 Å². The van der Waals surface area contributed by atoms with Crippen molar-refractivity contribution in [2.24, 2.45) is 7.05 Å². The zero-order valence-corrected chi connectivity index (χ0v) is 30.5. The topological polar surface area (TPSA) is 135 Å². The molecule has 0 spiro atoms. The van der Waals surface area contributed by atoms with Crippen molar-refractivity contribution in [2.75, 3.05) is 59.4 Å². The lowest BCUT2D eigenvalue weighted by Crippen LogP contribution is -2.34. The summed E-state index contributed by atoms with van der Waals surface area (Å²) in [6, 6.07) is 10.7. The quantitative estimate of drug-likeness (QED) is 0.119. The van der Waals surface area contributed by atoms with E-state index in [-0.39, 0.29) is 18.1 Å². The highest BCUT2D eigenvalue weighted by Crippen LogP contribution is 2.37. The zero-order valence-electron chi connectivity index (χ0n) is 30.5. The van der Waals surface area contributed by atoms with Crippen molar-refractivity contribution in [3.8, 4) is 22.5 Å². The summed E-state index contributed by atoms with van der Waals surface area (Å²) in [6.07, 6.45) is 3.25. The van der Waals surface area contributed by atoms with Crippen LogP contribution in [0.15, 0.2) is 48.9 Å². The van der Waals surface area contributed by atoms with Crippen LogP contribution in [-0.2, 0) is 42.1 Å². The van der Waals surface area contributed by atoms with E-state index in [1.165, 1.54) is 12.1 Å². The van der Waals surface area contributed by atoms with Crippen LogP contribution in [0.2, 0.25) is 0 Å². The number of aryl methyl sites for hydroxylation is 3. The molecule has 0 fully saturated rings. The van der Waals surface area contributed by atoms with Gasteiger partial charge in [-0.2, -0.15) is 0 Å². The lowest BCUT2D eigenvalue weighted by atomic mass is 9.93. The molecular formula is C38H50FN5O7. The van der Waals surface area contributed by atoms with Gasteiger partial charge in [0.15, 0.2) is 0 Å². The first-order valence-electron chi connectivity index (χ1n) is 17.1. The fourth-order valence-corrected chi connectivity index (χ4v) is 5.54. The number of carbonyl (C=O) groups is 2. The molecule has 0 saturated carbocycles. The maximum absolute atomic E-state index is 13.9. The molecule has 0 aliphatic carbocycles. The Hall–Kier alpha value is -4.43. The molecule has 4 aromatic rings. The molecule has 0 bridgehead atoms. The van der Waals surface area contributed by atoms with Gasteiger partial charge < -0.3 is 38.9 Å². The number of halogens is 1. The van der Waals surface area contributed by atoms with Gasteiger partial charge in [0, 0.05) is 55.3 Å². The first kappa shape index (κ1) is 39.4. The van der Waals surface area contributed by atoms with E-state index < -0.39 is 11.7 Å². The van der Waals surface area contributed by atoms with E-state index in [0.717, 1.165) is 44.6 Å². The second-order valence-corrected chi connectivity index (χ2v) is 13.1. The number of carbonyl (C=O) groups excluding carboxylic acids is 2. The predicted octanol–water partition coefficient (Wildman–Crippen LogP) is 5.66. The Morgan fingerprint density at radius 3 is 2.10 bits per heavy atom. The summed E-state index contributed by atoms with van der Waals surface area (Å²) in [6.45, 7) is 13.4. The molecule has 2 heterocycles. The number of hydrogen-bond donors (Lipinski definition) is 2. The molecule has 13 heteroatoms. The maximum Gasteiger partial charge on any atom is 0.407 e. The van der Waals surface area contributed by atoms with Crippen LogP contribution in [0.5, 0.6) is 0 Å². The summed E-state index contributed by atoms with van der Waals surface area (Å²) in [5, 5.41) is 6.46. The molecule has 2 N–H and O–H groups in total. The molecule has 0 unspecified atom stereocenters. The highest BCUT2D eigenvalue weighted by Gasteiger charge is 2.20. The van der Waals surface area contributed by atoms with Gasteiger partial charge in [-0.3, -0.25) is 9.78 Å². The summed E-state index contributed by atoms with van der Waals surface area (Å²) in [5.74, 6) is -0.425. The number of amides is 2. The second-order valence-electron chi connectivity index (χ2n) is 13.1. The van der Waals surface area contributed by atoms with Crippen molar-refractivity contribution < 1.29 is 37.7 Å². The van der Waals surface area contributed by atoms with Crippen LogP contribution in [0.1, 0.15) is 43.9 Å². The molecule has 2 amide bonds. The third-order valence-corrected chi connectivity index (χ3v) is 7.72. The van der Waals surface area contributed by atoms with E-state index in [0.29, 0.717) is 71.5 Å². The Morgan fingerprint density at radius 1 is 0.824 bits per heavy atom. The molecule has 12 nitrogen and oxygen atoms in total. The van der Waals surface area contributed by atoms with Crippen LogP contribution in [0.3, 0.4) is 0 Å². The fourth-order valence-electron chi connectivity index (χ4n) is 5.54. The minimum Gasteiger partial charge on any atom is -0.444 e. The summed E-state index contributed by atoms with van der Waals surface area (Å²) in [7, 11) is 1.95. The first-order chi connectivity index (χ1) is 24.4. The molecule has 276 valence electrons. The predicted molar refractivity (Wildman–Crippen MR) is 193 cm³/mol. The average Bonchev–Trinajstić information content (AvgIpc) is 3.44. The minimum atomic E-state index is -0.529. The number of nitrogens with zero attached hydrogens (tertiary/aromatic N) is 3. The molecule has 0 radical (unpaired) electrons. The van der Waals surface area contributed by atoms with Gasteiger partial charge in [0.2, 0.25) is 5.91 Å². The van der Waals surface area contributed by atoms with Crippen LogP contribution in [0.4, 0.5) is 9.18 Å². The normalized spacial score (nSPS) is 11.6. The summed E-state index contributed by atoms with van der Waals surface area (Å²) in [5.41, 5.74) is 6.82. The van der Waals surface area contributed by atoms with Gasteiger partial charge >= 0.3 is 6.09 Å². The average molecular weight is 708 g/mol. The van der Waals surface area contributed by atoms with Crippen LogP contribution in [0, 0.1) is 19.7 Å². The van der Waals surface area contributed by atoms with E-state index in [1.54, 1.807) is 18.6 Å². The number of imidazole rings is 1. The molecule has 0 aliphatic heterocycles. The van der Waals surface area contributed by atoms with E-state index >= 15 is 0 Å². The number of pyridine rings is 1. The number of alkyl carbamates (subject to hydrolysis) is 1. The van der Waals surface area contributed by atoms with Crippen LogP contribution in [-0.4, -0.2) is 91.5 Å². The Kier molecular flexibility index (Phi) is 14.9. The molecule has 2 aromatic heterocycles. The first-order valence-corrected chi connectivity index (χ1v) is 17.1. The largest absolute Gasteiger partial charge is 0.444 e. The lowest BCUT2D eigenvalue weighted by Gasteiger charge is -2.19. The number of fused-ring (bicyclic) bond motifs is 1. The van der Waals surface area contributed by atoms with Crippen molar-refractivity contribution in [2.45, 2.75) is 53.2 Å². The molecular weight excluding hydrogens is 657 g/mol. The highest BCUT2D eigenvalue weighted by molar-refractivity contribution is 5.97. The number of rotatable bonds is 19. The number of ether oxygens (including phenoxy) is 5. The lowest BCUT2D eigenvalue weighted by molar-refractivity contribution is -0.122. The number of nitrogens with one attached hydrogen (secondary N) is 2. The standard InChI is InChI=1S/C38H50FN5O7/c1-26-21-28(22-27(2)34(26)35-36(44(6)25-43-35)31-9-11-40-32-23-29(39)7-8-30(31)32)24-42-33(45)10-13-47-15-17-49-19-20-50-18-16-48-14-12-41-37(46)51-38(3,4)5/h7-9,11,21-23,25H,10,12-20,24H2,1-6H3,(H,41,46)(H,42,45). The van der Waals surface area contributed by atoms with Crippen molar-refractivity contribution in [1.82, 2.24) is 25.2 Å². The Balaban J connectivity index is 1.10. The fraction of sp³-hybridized carbons (Fsp3) is 0.474. The van der Waals surface area contributed by atoms with Crippen LogP contribution in [0.25, 0.3) is 33.4 Å². The smallest absolute Gasteiger partial charge is 0.407 e. The van der Waals surface area contributed by atoms with E-state index in [9.17, 15) is 14.0 Å². The molecule has 0 saturated heterocycles. The van der Waals surface area contributed by atoms with E-state index in [1.807, 2.05) is 52.3 Å². The number of aromatic nitrogens is 3. The summed E-state index contributed by atoms with van der Waals surface area (Å²) in [4.78, 5) is 33.2. The molecule has 51 heavy (non-hydrogen) atoms. The van der Waals surface area contributed by atoms with Gasteiger partial charge in [0.1, 0.15) is 11.4 Å². The van der Waals surface area contributed by atoms with Crippen molar-refractivity contribution in [1.29, 1.82) is 0 Å². The minimum absolute atomic E-state index is 0.0976. The monoisotopic (exact) mass is 707 g/mol. The van der Waals surface area contributed by atoms with E-state index in [4.69, 9.17) is 28.7 Å². The Morgan fingerprint density at radius 2 is 1.45 bits per heavy atom. The zero-order chi connectivity index (χ0) is 36.8. The maximum atomic E-state index is 13.9. The van der Waals surface area contributed by atoms with Gasteiger partial charge in [0.25, 0.3) is 0 Å². The van der Waals surface area contributed by atoms with Gasteiger partial charge in [-0.25, -0.2) is 14.2 Å². The van der Waals surface area contributed by atoms with Gasteiger partial charge in [-0.05, 0) is 69.5 Å². The van der Waals surface area contributed by atoms with Crippen molar-refractivity contribution >= 4 is 22.9 Å². The highest BCUT2D eigenvalue weighted by atomic mass is 19.1. The van der Waals surface area contributed by atoms with Crippen LogP contribution >= 0.6 is 0 Å². The molecule has 2 aromatic carbocycles. The summed E-state index contributed by atoms with van der Waals surface area (Å²) >= 11 is 0. The second kappa shape index (κ2) is 19.3. The molecule has 0 atom stereocenters. The Labute approximate surface area is 299 Å². The Bertz CT molecular complexity index is 1730. The third kappa shape index (κ3) is 12.4. The molecule has 4 rings (SSSR count). The van der Waals surface area contributed by atoms with Crippen LogP contribution < -0.4 is 10.6 Å². The third-order valence-electron chi connectivity index (χ3n) is 7.72. The van der Waals surface area contributed by atoms with Gasteiger partial charge in [0.05, 0.1) is 76.1 Å². The number of hydrogen-bond acceptors (Lipinski definition) is 9. The summed E-state index contributed by atoms with van der Waals surface area (Å²) < 4.78 is 43.0. The van der Waals surface area contributed by atoms with E-state index in [2.05, 4.69) is 27.8 Å². The van der Waals surface area contributed by atoms with Crippen molar-refractivity contribution in [3.05, 3.63) is 71.4 Å². The van der Waals surface area contributed by atoms with Gasteiger partial charge in [-0.1, -0.05) is 12.1 Å². The SMILES string of the molecule is Cc1cc(CNC(=O)CCOCCOCCOCCOCCNC(=O)OC(C)(C)C)cc(C)c1-c1ncn(C)c1-c1ccnc2cc(F)ccc12. The number of benzene rings is 2.